The Labute approximate surface area is 137 Å². The van der Waals surface area contributed by atoms with E-state index in [9.17, 15) is 10.1 Å². The number of hydrogen-bond acceptors (Lipinski definition) is 7. The van der Waals surface area contributed by atoms with Gasteiger partial charge in [-0.05, 0) is 30.2 Å². The minimum absolute atomic E-state index is 0.204. The van der Waals surface area contributed by atoms with Crippen LogP contribution < -0.4 is 14.8 Å². The molecule has 24 heavy (non-hydrogen) atoms. The second-order valence-corrected chi connectivity index (χ2v) is 5.09. The maximum atomic E-state index is 10.8. The minimum atomic E-state index is -0.621. The van der Waals surface area contributed by atoms with Gasteiger partial charge in [-0.3, -0.25) is 10.1 Å². The molecule has 0 unspecified atom stereocenters. The third-order valence-electron chi connectivity index (χ3n) is 3.50. The first-order valence-electron chi connectivity index (χ1n) is 7.35. The monoisotopic (exact) mass is 326 g/mol. The molecule has 0 aliphatic carbocycles. The molecule has 0 amide bonds. The van der Waals surface area contributed by atoms with Crippen LogP contribution in [0, 0.1) is 21.4 Å². The average Bonchev–Trinajstić information content (AvgIpc) is 2.61. The fourth-order valence-electron chi connectivity index (χ4n) is 2.36. The largest absolute Gasteiger partial charge is 0.486 e. The summed E-state index contributed by atoms with van der Waals surface area (Å²) < 4.78 is 11.0. The molecule has 0 saturated heterocycles. The fraction of sp³-hybridized carbons (Fsp3) is 0.250. The summed E-state index contributed by atoms with van der Waals surface area (Å²) in [5.74, 6) is 1.90. The van der Waals surface area contributed by atoms with Gasteiger partial charge in [-0.25, -0.2) is 4.98 Å². The van der Waals surface area contributed by atoms with Crippen molar-refractivity contribution in [2.24, 2.45) is 0 Å². The maximum absolute atomic E-state index is 10.8. The number of rotatable bonds is 5. The van der Waals surface area contributed by atoms with Gasteiger partial charge in [-0.1, -0.05) is 6.07 Å². The molecule has 0 saturated carbocycles. The molecule has 0 spiro atoms. The van der Waals surface area contributed by atoms with Crippen LogP contribution in [0.1, 0.15) is 11.3 Å². The number of benzene rings is 1. The summed E-state index contributed by atoms with van der Waals surface area (Å²) in [6.07, 6.45) is 0.706. The van der Waals surface area contributed by atoms with Gasteiger partial charge in [0, 0.05) is 12.6 Å². The number of anilines is 1. The number of hydrogen-bond donors (Lipinski definition) is 1. The van der Waals surface area contributed by atoms with Crippen LogP contribution >= 0.6 is 0 Å². The standard InChI is InChI=1S/C16H14N4O4/c17-10-12-13(20(21)22)2-4-16(19-12)18-6-5-11-1-3-14-15(9-11)24-8-7-23-14/h1-4,9H,5-8H2,(H,18,19). The lowest BCUT2D eigenvalue weighted by Gasteiger charge is -2.18. The number of pyridine rings is 1. The molecule has 8 heteroatoms. The SMILES string of the molecule is N#Cc1nc(NCCc2ccc3c(c2)OCCO3)ccc1[N+](=O)[O-]. The van der Waals surface area contributed by atoms with Crippen LogP contribution in [0.3, 0.4) is 0 Å². The first-order chi connectivity index (χ1) is 11.7. The number of fused-ring (bicyclic) bond motifs is 1. The van der Waals surface area contributed by atoms with Gasteiger partial charge in [0.15, 0.2) is 11.5 Å². The molecule has 0 atom stereocenters. The van der Waals surface area contributed by atoms with E-state index < -0.39 is 4.92 Å². The third-order valence-corrected chi connectivity index (χ3v) is 3.50. The predicted octanol–water partition coefficient (Wildman–Crippen LogP) is 2.29. The number of nitriles is 1. The highest BCUT2D eigenvalue weighted by molar-refractivity contribution is 5.50. The lowest BCUT2D eigenvalue weighted by Crippen LogP contribution is -2.15. The van der Waals surface area contributed by atoms with Crippen molar-refractivity contribution in [2.75, 3.05) is 25.1 Å². The van der Waals surface area contributed by atoms with E-state index in [-0.39, 0.29) is 11.4 Å². The summed E-state index contributed by atoms with van der Waals surface area (Å²) in [7, 11) is 0. The summed E-state index contributed by atoms with van der Waals surface area (Å²) in [4.78, 5) is 14.1. The Balaban J connectivity index is 1.62. The molecule has 0 bridgehead atoms. The van der Waals surface area contributed by atoms with Gasteiger partial charge in [0.2, 0.25) is 5.69 Å². The molecule has 1 aliphatic rings. The topological polar surface area (TPSA) is 110 Å². The Morgan fingerprint density at radius 3 is 2.79 bits per heavy atom. The quantitative estimate of drug-likeness (QED) is 0.663. The van der Waals surface area contributed by atoms with Gasteiger partial charge >= 0.3 is 5.69 Å². The van der Waals surface area contributed by atoms with Crippen LogP contribution in [0.4, 0.5) is 11.5 Å². The Morgan fingerprint density at radius 2 is 2.04 bits per heavy atom. The molecule has 0 fully saturated rings. The van der Waals surface area contributed by atoms with Crippen LogP contribution in [0.15, 0.2) is 30.3 Å². The van der Waals surface area contributed by atoms with Crippen molar-refractivity contribution in [3.63, 3.8) is 0 Å². The summed E-state index contributed by atoms with van der Waals surface area (Å²) in [5.41, 5.74) is 0.563. The van der Waals surface area contributed by atoms with E-state index in [2.05, 4.69) is 10.3 Å². The average molecular weight is 326 g/mol. The van der Waals surface area contributed by atoms with Crippen molar-refractivity contribution in [3.05, 3.63) is 51.7 Å². The number of ether oxygens (including phenoxy) is 2. The molecule has 3 rings (SSSR count). The van der Waals surface area contributed by atoms with Gasteiger partial charge in [0.25, 0.3) is 0 Å². The van der Waals surface area contributed by atoms with E-state index in [4.69, 9.17) is 14.7 Å². The normalized spacial score (nSPS) is 12.3. The van der Waals surface area contributed by atoms with E-state index in [1.54, 1.807) is 6.07 Å². The fourth-order valence-corrected chi connectivity index (χ4v) is 2.36. The van der Waals surface area contributed by atoms with Crippen molar-refractivity contribution in [2.45, 2.75) is 6.42 Å². The molecule has 2 aromatic rings. The van der Waals surface area contributed by atoms with Gasteiger partial charge in [-0.15, -0.1) is 0 Å². The van der Waals surface area contributed by atoms with E-state index in [0.717, 1.165) is 17.1 Å². The van der Waals surface area contributed by atoms with Crippen molar-refractivity contribution in [1.82, 2.24) is 4.98 Å². The minimum Gasteiger partial charge on any atom is -0.486 e. The van der Waals surface area contributed by atoms with Crippen LogP contribution in [-0.2, 0) is 6.42 Å². The van der Waals surface area contributed by atoms with Crippen molar-refractivity contribution >= 4 is 11.5 Å². The number of nitrogens with one attached hydrogen (secondary N) is 1. The summed E-state index contributed by atoms with van der Waals surface area (Å²) >= 11 is 0. The molecule has 1 aliphatic heterocycles. The Bertz CT molecular complexity index is 816. The molecule has 1 aromatic heterocycles. The lowest BCUT2D eigenvalue weighted by molar-refractivity contribution is -0.385. The lowest BCUT2D eigenvalue weighted by atomic mass is 10.1. The van der Waals surface area contributed by atoms with E-state index in [1.165, 1.54) is 12.1 Å². The van der Waals surface area contributed by atoms with E-state index in [1.807, 2.05) is 18.2 Å². The van der Waals surface area contributed by atoms with E-state index >= 15 is 0 Å². The summed E-state index contributed by atoms with van der Waals surface area (Å²) in [6, 6.07) is 10.3. The zero-order valence-corrected chi connectivity index (χ0v) is 12.7. The smallest absolute Gasteiger partial charge is 0.305 e. The molecule has 8 nitrogen and oxygen atoms in total. The van der Waals surface area contributed by atoms with Gasteiger partial charge < -0.3 is 14.8 Å². The molecule has 0 radical (unpaired) electrons. The van der Waals surface area contributed by atoms with Crippen molar-refractivity contribution in [3.8, 4) is 17.6 Å². The first-order valence-corrected chi connectivity index (χ1v) is 7.35. The van der Waals surface area contributed by atoms with Crippen LogP contribution in [-0.4, -0.2) is 29.7 Å². The first kappa shape index (κ1) is 15.6. The third kappa shape index (κ3) is 3.35. The molecule has 1 aromatic carbocycles. The highest BCUT2D eigenvalue weighted by Crippen LogP contribution is 2.30. The van der Waals surface area contributed by atoms with Gasteiger partial charge in [0.1, 0.15) is 25.1 Å². The van der Waals surface area contributed by atoms with Crippen LogP contribution in [0.25, 0.3) is 0 Å². The highest BCUT2D eigenvalue weighted by atomic mass is 16.6. The summed E-state index contributed by atoms with van der Waals surface area (Å²) in [5, 5.41) is 22.8. The molecular weight excluding hydrogens is 312 g/mol. The van der Waals surface area contributed by atoms with Crippen LogP contribution in [0.5, 0.6) is 11.5 Å². The zero-order chi connectivity index (χ0) is 16.9. The molecular formula is C16H14N4O4. The zero-order valence-electron chi connectivity index (χ0n) is 12.7. The Hall–Kier alpha value is -3.34. The molecule has 2 heterocycles. The predicted molar refractivity (Wildman–Crippen MR) is 85.2 cm³/mol. The van der Waals surface area contributed by atoms with Crippen LogP contribution in [0.2, 0.25) is 0 Å². The highest BCUT2D eigenvalue weighted by Gasteiger charge is 2.15. The van der Waals surface area contributed by atoms with Crippen molar-refractivity contribution in [1.29, 1.82) is 5.26 Å². The van der Waals surface area contributed by atoms with Crippen molar-refractivity contribution < 1.29 is 14.4 Å². The maximum Gasteiger partial charge on any atom is 0.305 e. The van der Waals surface area contributed by atoms with E-state index in [0.29, 0.717) is 32.0 Å². The van der Waals surface area contributed by atoms with Gasteiger partial charge in [0.05, 0.1) is 4.92 Å². The Morgan fingerprint density at radius 1 is 1.25 bits per heavy atom. The molecule has 1 N–H and O–H groups in total. The second-order valence-electron chi connectivity index (χ2n) is 5.09. The second kappa shape index (κ2) is 6.83. The number of nitro groups is 1. The number of nitrogens with zero attached hydrogens (tertiary/aromatic N) is 3. The summed E-state index contributed by atoms with van der Waals surface area (Å²) in [6.45, 7) is 1.66. The Kier molecular flexibility index (Phi) is 4.43. The van der Waals surface area contributed by atoms with Gasteiger partial charge in [-0.2, -0.15) is 5.26 Å². The molecule has 122 valence electrons. The number of aromatic nitrogens is 1.